The molecule has 17 nitrogen and oxygen atoms in total. The number of rotatable bonds is 74. The molecular formula is C77H150O17P2. The van der Waals surface area contributed by atoms with E-state index in [1.165, 1.54) is 193 Å². The van der Waals surface area contributed by atoms with Gasteiger partial charge < -0.3 is 33.8 Å². The van der Waals surface area contributed by atoms with Gasteiger partial charge in [0, 0.05) is 25.7 Å². The van der Waals surface area contributed by atoms with Crippen LogP contribution in [0.3, 0.4) is 0 Å². The Labute approximate surface area is 588 Å². The predicted molar refractivity (Wildman–Crippen MR) is 391 cm³/mol. The minimum absolute atomic E-state index is 0.105. The number of aliphatic hydroxyl groups is 1. The van der Waals surface area contributed by atoms with Crippen LogP contribution < -0.4 is 0 Å². The minimum atomic E-state index is -4.96. The molecule has 0 saturated heterocycles. The molecule has 0 aliphatic heterocycles. The summed E-state index contributed by atoms with van der Waals surface area (Å²) >= 11 is 0. The van der Waals surface area contributed by atoms with Crippen molar-refractivity contribution in [1.82, 2.24) is 0 Å². The fraction of sp³-hybridized carbons (Fsp3) is 0.948. The molecule has 0 bridgehead atoms. The third kappa shape index (κ3) is 70.5. The van der Waals surface area contributed by atoms with Gasteiger partial charge >= 0.3 is 39.5 Å². The lowest BCUT2D eigenvalue weighted by Crippen LogP contribution is -2.30. The Hall–Kier alpha value is -1.94. The highest BCUT2D eigenvalue weighted by molar-refractivity contribution is 7.47. The largest absolute Gasteiger partial charge is 0.472 e. The monoisotopic (exact) mass is 1410 g/mol. The van der Waals surface area contributed by atoms with Crippen molar-refractivity contribution >= 4 is 39.5 Å². The molecule has 0 heterocycles. The van der Waals surface area contributed by atoms with Gasteiger partial charge in [-0.15, -0.1) is 0 Å². The van der Waals surface area contributed by atoms with Crippen LogP contribution in [-0.2, 0) is 65.4 Å². The average Bonchev–Trinajstić information content (AvgIpc) is 3.70. The first-order valence-corrected chi connectivity index (χ1v) is 42.7. The summed E-state index contributed by atoms with van der Waals surface area (Å²) in [7, 11) is -9.92. The van der Waals surface area contributed by atoms with Crippen molar-refractivity contribution in [3.05, 3.63) is 0 Å². The quantitative estimate of drug-likeness (QED) is 0.0222. The molecule has 0 aliphatic rings. The molecule has 0 aromatic rings. The predicted octanol–water partition coefficient (Wildman–Crippen LogP) is 22.4. The number of carbonyl (C=O) groups excluding carboxylic acids is 4. The molecule has 19 heteroatoms. The molecule has 0 amide bonds. The topological polar surface area (TPSA) is 237 Å². The molecule has 3 unspecified atom stereocenters. The summed E-state index contributed by atoms with van der Waals surface area (Å²) in [5.41, 5.74) is 0. The molecule has 0 aromatic carbocycles. The van der Waals surface area contributed by atoms with Crippen LogP contribution in [0, 0.1) is 23.7 Å². The molecule has 96 heavy (non-hydrogen) atoms. The van der Waals surface area contributed by atoms with Gasteiger partial charge in [0.05, 0.1) is 26.4 Å². The number of hydrogen-bond donors (Lipinski definition) is 3. The summed E-state index contributed by atoms with van der Waals surface area (Å²) in [6.07, 6.45) is 51.3. The second-order valence-corrected chi connectivity index (χ2v) is 32.6. The summed E-state index contributed by atoms with van der Waals surface area (Å²) in [5, 5.41) is 10.6. The summed E-state index contributed by atoms with van der Waals surface area (Å²) in [4.78, 5) is 72.9. The maximum atomic E-state index is 13.1. The van der Waals surface area contributed by atoms with Crippen molar-refractivity contribution < 1.29 is 80.2 Å². The molecule has 0 aromatic heterocycles. The molecule has 5 atom stereocenters. The van der Waals surface area contributed by atoms with Crippen molar-refractivity contribution in [3.63, 3.8) is 0 Å². The molecule has 0 spiro atoms. The van der Waals surface area contributed by atoms with Crippen molar-refractivity contribution in [2.45, 2.75) is 408 Å². The third-order valence-electron chi connectivity index (χ3n) is 17.8. The van der Waals surface area contributed by atoms with E-state index in [4.69, 9.17) is 37.0 Å². The standard InChI is InChI=1S/C77H150O17P2/c1-67(2)53-45-37-29-21-15-11-9-10-12-17-24-33-41-49-57-74(79)87-63-72(93-76(81)59-51-43-35-25-18-14-13-16-22-30-38-46-54-68(3)4)65-91-95(83,84)89-61-71(78)62-90-96(85,86)92-66-73(64-88-75(80)58-50-42-34-28-27-32-40-48-56-70(7)8)94-77(82)60-52-44-36-26-20-19-23-31-39-47-55-69(5)6/h67-73,78H,9-66H2,1-8H3,(H,83,84)(H,85,86)/t71?,72-,73-/m1/s1. The van der Waals surface area contributed by atoms with Gasteiger partial charge in [0.2, 0.25) is 0 Å². The van der Waals surface area contributed by atoms with Gasteiger partial charge in [0.1, 0.15) is 19.3 Å². The van der Waals surface area contributed by atoms with Crippen molar-refractivity contribution in [1.29, 1.82) is 0 Å². The fourth-order valence-corrected chi connectivity index (χ4v) is 13.3. The maximum absolute atomic E-state index is 13.1. The van der Waals surface area contributed by atoms with Crippen molar-refractivity contribution in [2.75, 3.05) is 39.6 Å². The van der Waals surface area contributed by atoms with Gasteiger partial charge in [-0.05, 0) is 49.4 Å². The molecular weight excluding hydrogens is 1260 g/mol. The van der Waals surface area contributed by atoms with E-state index in [-0.39, 0.29) is 25.7 Å². The van der Waals surface area contributed by atoms with E-state index >= 15 is 0 Å². The smallest absolute Gasteiger partial charge is 0.462 e. The van der Waals surface area contributed by atoms with Crippen LogP contribution in [0.25, 0.3) is 0 Å². The van der Waals surface area contributed by atoms with Gasteiger partial charge in [-0.2, -0.15) is 0 Å². The SMILES string of the molecule is CC(C)CCCCCCCCCCCCCCCCC(=O)OC[C@H](COP(=O)(O)OCC(O)COP(=O)(O)OC[C@@H](COC(=O)CCCCCCCCCCC(C)C)OC(=O)CCCCCCCCCCCCC(C)C)OC(=O)CCCCCCCCCCCCCCC(C)C. The van der Waals surface area contributed by atoms with Gasteiger partial charge in [0.15, 0.2) is 12.2 Å². The normalized spacial score (nSPS) is 14.1. The lowest BCUT2D eigenvalue weighted by molar-refractivity contribution is -0.161. The summed E-state index contributed by atoms with van der Waals surface area (Å²) in [6.45, 7) is 14.2. The number of esters is 4. The van der Waals surface area contributed by atoms with E-state index in [1.807, 2.05) is 0 Å². The zero-order chi connectivity index (χ0) is 71.0. The van der Waals surface area contributed by atoms with E-state index in [0.717, 1.165) is 114 Å². The minimum Gasteiger partial charge on any atom is -0.462 e. The highest BCUT2D eigenvalue weighted by Gasteiger charge is 2.30. The van der Waals surface area contributed by atoms with E-state index < -0.39 is 97.5 Å². The van der Waals surface area contributed by atoms with E-state index in [9.17, 15) is 43.2 Å². The molecule has 0 saturated carbocycles. The first-order chi connectivity index (χ1) is 46.1. The zero-order valence-electron chi connectivity index (χ0n) is 63.0. The van der Waals surface area contributed by atoms with E-state index in [1.54, 1.807) is 0 Å². The van der Waals surface area contributed by atoms with Crippen LogP contribution in [0.2, 0.25) is 0 Å². The van der Waals surface area contributed by atoms with Gasteiger partial charge in [-0.25, -0.2) is 9.13 Å². The number of hydrogen-bond acceptors (Lipinski definition) is 15. The fourth-order valence-electron chi connectivity index (χ4n) is 11.7. The molecule has 0 aliphatic carbocycles. The second-order valence-electron chi connectivity index (χ2n) is 29.7. The van der Waals surface area contributed by atoms with Crippen LogP contribution in [0.15, 0.2) is 0 Å². The number of aliphatic hydroxyl groups excluding tert-OH is 1. The Morgan fingerprint density at radius 3 is 0.646 bits per heavy atom. The summed E-state index contributed by atoms with van der Waals surface area (Å²) in [6, 6.07) is 0. The Morgan fingerprint density at radius 1 is 0.260 bits per heavy atom. The van der Waals surface area contributed by atoms with E-state index in [0.29, 0.717) is 25.7 Å². The lowest BCUT2D eigenvalue weighted by atomic mass is 10.0. The maximum Gasteiger partial charge on any atom is 0.472 e. The Balaban J connectivity index is 5.26. The van der Waals surface area contributed by atoms with Gasteiger partial charge in [0.25, 0.3) is 0 Å². The zero-order valence-corrected chi connectivity index (χ0v) is 64.8. The molecule has 0 fully saturated rings. The molecule has 3 N–H and O–H groups in total. The van der Waals surface area contributed by atoms with Crippen LogP contribution in [0.4, 0.5) is 0 Å². The second kappa shape index (κ2) is 66.3. The summed E-state index contributed by atoms with van der Waals surface area (Å²) < 4.78 is 68.6. The van der Waals surface area contributed by atoms with Crippen LogP contribution >= 0.6 is 15.6 Å². The Morgan fingerprint density at radius 2 is 0.438 bits per heavy atom. The number of phosphoric ester groups is 2. The Bertz CT molecular complexity index is 1880. The lowest BCUT2D eigenvalue weighted by Gasteiger charge is -2.21. The molecule has 570 valence electrons. The average molecular weight is 1410 g/mol. The number of carbonyl (C=O) groups is 4. The highest BCUT2D eigenvalue weighted by Crippen LogP contribution is 2.45. The third-order valence-corrected chi connectivity index (χ3v) is 19.7. The number of phosphoric acid groups is 2. The first-order valence-electron chi connectivity index (χ1n) is 39.7. The number of ether oxygens (including phenoxy) is 4. The van der Waals surface area contributed by atoms with Gasteiger partial charge in [-0.1, -0.05) is 338 Å². The Kier molecular flexibility index (Phi) is 65.0. The van der Waals surface area contributed by atoms with Crippen molar-refractivity contribution in [3.8, 4) is 0 Å². The van der Waals surface area contributed by atoms with Crippen LogP contribution in [0.5, 0.6) is 0 Å². The molecule has 0 rings (SSSR count). The van der Waals surface area contributed by atoms with Crippen molar-refractivity contribution in [2.24, 2.45) is 23.7 Å². The number of unbranched alkanes of at least 4 members (excludes halogenated alkanes) is 40. The van der Waals surface area contributed by atoms with Crippen LogP contribution in [0.1, 0.15) is 389 Å². The van der Waals surface area contributed by atoms with Gasteiger partial charge in [-0.3, -0.25) is 37.3 Å². The van der Waals surface area contributed by atoms with E-state index in [2.05, 4.69) is 55.4 Å². The molecule has 0 radical (unpaired) electrons. The first kappa shape index (κ1) is 94.1. The van der Waals surface area contributed by atoms with Crippen LogP contribution in [-0.4, -0.2) is 96.7 Å². The summed E-state index contributed by atoms with van der Waals surface area (Å²) in [5.74, 6) is 0.935. The highest BCUT2D eigenvalue weighted by atomic mass is 31.2.